The van der Waals surface area contributed by atoms with Crippen LogP contribution in [0.1, 0.15) is 25.3 Å². The van der Waals surface area contributed by atoms with Gasteiger partial charge < -0.3 is 9.47 Å². The highest BCUT2D eigenvalue weighted by Gasteiger charge is 2.67. The summed E-state index contributed by atoms with van der Waals surface area (Å²) in [4.78, 5) is 0. The fourth-order valence-electron chi connectivity index (χ4n) is 2.41. The molecule has 1 fully saturated rings. The van der Waals surface area contributed by atoms with Crippen molar-refractivity contribution in [3.05, 3.63) is 33.8 Å². The van der Waals surface area contributed by atoms with Gasteiger partial charge in [0.1, 0.15) is 4.33 Å². The Kier molecular flexibility index (Phi) is 5.50. The maximum Gasteiger partial charge on any atom is 0.163 e. The van der Waals surface area contributed by atoms with Gasteiger partial charge >= 0.3 is 0 Å². The van der Waals surface area contributed by atoms with Crippen LogP contribution in [0.5, 0.6) is 0 Å². The van der Waals surface area contributed by atoms with Gasteiger partial charge in [-0.15, -0.1) is 23.2 Å². The minimum atomic E-state index is -0.911. The first-order chi connectivity index (χ1) is 9.43. The van der Waals surface area contributed by atoms with Gasteiger partial charge in [0, 0.05) is 19.1 Å². The number of rotatable bonds is 6. The molecule has 0 aliphatic heterocycles. The van der Waals surface area contributed by atoms with Crippen LogP contribution < -0.4 is 0 Å². The van der Waals surface area contributed by atoms with Crippen LogP contribution in [0.3, 0.4) is 0 Å². The molecule has 2 nitrogen and oxygen atoms in total. The van der Waals surface area contributed by atoms with Gasteiger partial charge in [-0.1, -0.05) is 29.3 Å². The van der Waals surface area contributed by atoms with Crippen LogP contribution in [-0.4, -0.2) is 23.8 Å². The Balaban J connectivity index is 2.21. The lowest BCUT2D eigenvalue weighted by atomic mass is 10.1. The Morgan fingerprint density at radius 1 is 1.10 bits per heavy atom. The molecule has 0 radical (unpaired) electrons. The third kappa shape index (κ3) is 3.21. The summed E-state index contributed by atoms with van der Waals surface area (Å²) < 4.78 is 10.3. The summed E-state index contributed by atoms with van der Waals surface area (Å²) in [6, 6.07) is 5.42. The molecule has 2 rings (SSSR count). The summed E-state index contributed by atoms with van der Waals surface area (Å²) in [6.07, 6.45) is -0.417. The number of hydrogen-bond donors (Lipinski definition) is 0. The van der Waals surface area contributed by atoms with Crippen LogP contribution in [0.4, 0.5) is 0 Å². The summed E-state index contributed by atoms with van der Waals surface area (Å²) in [5, 5.41) is 0.997. The van der Waals surface area contributed by atoms with Gasteiger partial charge in [0.25, 0.3) is 0 Å². The largest absolute Gasteiger partial charge is 0.353 e. The summed E-state index contributed by atoms with van der Waals surface area (Å²) in [7, 11) is 0. The molecule has 0 heterocycles. The molecule has 0 spiro atoms. The second-order valence-corrected chi connectivity index (χ2v) is 6.89. The maximum absolute atomic E-state index is 6.40. The number of benzene rings is 1. The van der Waals surface area contributed by atoms with E-state index < -0.39 is 10.6 Å². The molecule has 0 saturated heterocycles. The topological polar surface area (TPSA) is 18.5 Å². The van der Waals surface area contributed by atoms with Crippen molar-refractivity contribution in [2.75, 3.05) is 13.2 Å². The Morgan fingerprint density at radius 2 is 1.70 bits per heavy atom. The first-order valence-electron chi connectivity index (χ1n) is 6.49. The van der Waals surface area contributed by atoms with Crippen molar-refractivity contribution >= 4 is 46.4 Å². The summed E-state index contributed by atoms with van der Waals surface area (Å²) in [5.41, 5.74) is 0.943. The van der Waals surface area contributed by atoms with Crippen molar-refractivity contribution < 1.29 is 9.47 Å². The van der Waals surface area contributed by atoms with Crippen molar-refractivity contribution in [1.29, 1.82) is 0 Å². The minimum absolute atomic E-state index is 0.0799. The smallest absolute Gasteiger partial charge is 0.163 e. The van der Waals surface area contributed by atoms with Crippen molar-refractivity contribution in [2.45, 2.75) is 30.4 Å². The molecule has 0 N–H and O–H groups in total. The highest BCUT2D eigenvalue weighted by molar-refractivity contribution is 6.52. The average molecular weight is 358 g/mol. The molecule has 1 aromatic carbocycles. The van der Waals surface area contributed by atoms with Gasteiger partial charge in [-0.05, 0) is 31.5 Å². The lowest BCUT2D eigenvalue weighted by Gasteiger charge is -2.17. The quantitative estimate of drug-likeness (QED) is 0.509. The molecule has 0 unspecified atom stereocenters. The molecule has 112 valence electrons. The van der Waals surface area contributed by atoms with Crippen molar-refractivity contribution in [3.63, 3.8) is 0 Å². The molecule has 20 heavy (non-hydrogen) atoms. The van der Waals surface area contributed by atoms with Gasteiger partial charge in [0.05, 0.1) is 16.0 Å². The number of hydrogen-bond acceptors (Lipinski definition) is 2. The number of halogens is 4. The molecule has 2 atom stereocenters. The van der Waals surface area contributed by atoms with Crippen molar-refractivity contribution in [1.82, 2.24) is 0 Å². The van der Waals surface area contributed by atoms with Crippen LogP contribution in [0, 0.1) is 5.92 Å². The van der Waals surface area contributed by atoms with E-state index in [9.17, 15) is 0 Å². The highest BCUT2D eigenvalue weighted by Crippen LogP contribution is 2.67. The van der Waals surface area contributed by atoms with Crippen LogP contribution in [-0.2, 0) is 9.47 Å². The molecular weight excluding hydrogens is 342 g/mol. The highest BCUT2D eigenvalue weighted by atomic mass is 35.5. The van der Waals surface area contributed by atoms with E-state index in [0.717, 1.165) is 5.56 Å². The molecule has 1 aromatic rings. The fraction of sp³-hybridized carbons (Fsp3) is 0.571. The Morgan fingerprint density at radius 3 is 2.20 bits per heavy atom. The van der Waals surface area contributed by atoms with Crippen molar-refractivity contribution in [3.8, 4) is 0 Å². The van der Waals surface area contributed by atoms with E-state index in [-0.39, 0.29) is 11.8 Å². The van der Waals surface area contributed by atoms with Crippen molar-refractivity contribution in [2.24, 2.45) is 5.92 Å². The van der Waals surface area contributed by atoms with E-state index in [1.807, 2.05) is 19.9 Å². The van der Waals surface area contributed by atoms with Crippen LogP contribution in [0.15, 0.2) is 18.2 Å². The van der Waals surface area contributed by atoms with E-state index >= 15 is 0 Å². The van der Waals surface area contributed by atoms with Crippen LogP contribution >= 0.6 is 46.4 Å². The zero-order valence-corrected chi connectivity index (χ0v) is 14.2. The number of ether oxygens (including phenoxy) is 2. The Hall–Kier alpha value is 0.300. The molecule has 0 aromatic heterocycles. The lowest BCUT2D eigenvalue weighted by Crippen LogP contribution is -2.22. The normalized spacial score (nSPS) is 24.1. The molecule has 1 saturated carbocycles. The van der Waals surface area contributed by atoms with E-state index in [4.69, 9.17) is 55.9 Å². The zero-order chi connectivity index (χ0) is 14.9. The standard InChI is InChI=1S/C14H16Cl4O2/c1-3-19-13(20-4-2)12-11(14(12,17)18)8-5-6-9(15)10(16)7-8/h5-7,11-13H,3-4H2,1-2H3/t11-,12+/m0/s1. The monoisotopic (exact) mass is 356 g/mol. The number of alkyl halides is 2. The summed E-state index contributed by atoms with van der Waals surface area (Å²) in [6.45, 7) is 4.90. The van der Waals surface area contributed by atoms with E-state index in [1.54, 1.807) is 12.1 Å². The first kappa shape index (κ1) is 16.7. The molecule has 0 amide bonds. The van der Waals surface area contributed by atoms with Gasteiger partial charge in [-0.2, -0.15) is 0 Å². The predicted octanol–water partition coefficient (Wildman–Crippen LogP) is 5.28. The average Bonchev–Trinajstić information content (AvgIpc) is 2.95. The van der Waals surface area contributed by atoms with E-state index in [0.29, 0.717) is 23.3 Å². The summed E-state index contributed by atoms with van der Waals surface area (Å²) in [5.74, 6) is -0.202. The van der Waals surface area contributed by atoms with E-state index in [2.05, 4.69) is 0 Å². The second kappa shape index (κ2) is 6.60. The molecule has 6 heteroatoms. The third-order valence-corrected chi connectivity index (χ3v) is 5.08. The van der Waals surface area contributed by atoms with Gasteiger partial charge in [0.2, 0.25) is 0 Å². The molecule has 1 aliphatic carbocycles. The van der Waals surface area contributed by atoms with Crippen LogP contribution in [0.25, 0.3) is 0 Å². The fourth-order valence-corrected chi connectivity index (χ4v) is 3.57. The first-order valence-corrected chi connectivity index (χ1v) is 8.00. The summed E-state index contributed by atoms with van der Waals surface area (Å²) >= 11 is 24.8. The minimum Gasteiger partial charge on any atom is -0.353 e. The predicted molar refractivity (Wildman–Crippen MR) is 84.2 cm³/mol. The van der Waals surface area contributed by atoms with Gasteiger partial charge in [-0.25, -0.2) is 0 Å². The Labute approximate surface area is 139 Å². The lowest BCUT2D eigenvalue weighted by molar-refractivity contribution is -0.149. The molecular formula is C14H16Cl4O2. The SMILES string of the molecule is CCOC(OCC)[C@H]1[C@H](c2ccc(Cl)c(Cl)c2)C1(Cl)Cl. The zero-order valence-electron chi connectivity index (χ0n) is 11.2. The van der Waals surface area contributed by atoms with Crippen LogP contribution in [0.2, 0.25) is 10.0 Å². The van der Waals surface area contributed by atoms with Gasteiger partial charge in [-0.3, -0.25) is 0 Å². The Bertz CT molecular complexity index is 472. The maximum atomic E-state index is 6.40. The molecule has 1 aliphatic rings. The second-order valence-electron chi connectivity index (χ2n) is 4.63. The van der Waals surface area contributed by atoms with Gasteiger partial charge in [0.15, 0.2) is 6.29 Å². The molecule has 0 bridgehead atoms. The van der Waals surface area contributed by atoms with E-state index in [1.165, 1.54) is 0 Å². The third-order valence-electron chi connectivity index (χ3n) is 3.37.